The lowest BCUT2D eigenvalue weighted by molar-refractivity contribution is -0.130. The minimum absolute atomic E-state index is 0.00647. The summed E-state index contributed by atoms with van der Waals surface area (Å²) in [5.41, 5.74) is 0.731. The van der Waals surface area contributed by atoms with Crippen molar-refractivity contribution in [3.8, 4) is 0 Å². The normalized spacial score (nSPS) is 20.3. The van der Waals surface area contributed by atoms with E-state index >= 15 is 0 Å². The average Bonchev–Trinajstić information content (AvgIpc) is 2.80. The predicted molar refractivity (Wildman–Crippen MR) is 80.6 cm³/mol. The molecule has 0 unspecified atom stereocenters. The Kier molecular flexibility index (Phi) is 4.10. The van der Waals surface area contributed by atoms with E-state index in [2.05, 4.69) is 10.6 Å². The van der Waals surface area contributed by atoms with Crippen molar-refractivity contribution in [2.45, 2.75) is 25.3 Å². The molecule has 0 bridgehead atoms. The molecule has 1 fully saturated rings. The first-order valence-electron chi connectivity index (χ1n) is 7.60. The van der Waals surface area contributed by atoms with Gasteiger partial charge in [0.25, 0.3) is 11.8 Å². The Balaban J connectivity index is 1.57. The molecule has 23 heavy (non-hydrogen) atoms. The zero-order valence-electron chi connectivity index (χ0n) is 12.5. The third kappa shape index (κ3) is 2.94. The Hall–Kier alpha value is -2.70. The number of nitrogens with zero attached hydrogens (tertiary/aromatic N) is 1. The maximum atomic E-state index is 12.2. The van der Waals surface area contributed by atoms with E-state index in [0.717, 1.165) is 11.3 Å². The van der Waals surface area contributed by atoms with Gasteiger partial charge in [-0.05, 0) is 25.0 Å². The summed E-state index contributed by atoms with van der Waals surface area (Å²) < 4.78 is 0. The average molecular weight is 315 g/mol. The number of nitrogens with one attached hydrogen (secondary N) is 2. The van der Waals surface area contributed by atoms with Crippen LogP contribution in [0, 0.1) is 0 Å². The van der Waals surface area contributed by atoms with Gasteiger partial charge in [-0.15, -0.1) is 0 Å². The fourth-order valence-electron chi connectivity index (χ4n) is 2.83. The van der Waals surface area contributed by atoms with Crippen molar-refractivity contribution in [2.24, 2.45) is 0 Å². The number of carbonyl (C=O) groups excluding carboxylic acids is 4. The molecule has 2 N–H and O–H groups in total. The molecule has 120 valence electrons. The first-order valence-corrected chi connectivity index (χ1v) is 7.60. The molecule has 1 aromatic carbocycles. The minimum atomic E-state index is -0.529. The topological polar surface area (TPSA) is 95.6 Å². The summed E-state index contributed by atoms with van der Waals surface area (Å²) in [5.74, 6) is -1.29. The highest BCUT2D eigenvalue weighted by molar-refractivity contribution is 6.21. The second-order valence-corrected chi connectivity index (χ2v) is 5.61. The fraction of sp³-hybridized carbons (Fsp3) is 0.375. The molecule has 1 saturated heterocycles. The summed E-state index contributed by atoms with van der Waals surface area (Å²) in [7, 11) is 0. The quantitative estimate of drug-likeness (QED) is 0.769. The highest BCUT2D eigenvalue weighted by atomic mass is 16.2. The molecule has 7 heteroatoms. The zero-order chi connectivity index (χ0) is 16.4. The van der Waals surface area contributed by atoms with Crippen molar-refractivity contribution in [3.05, 3.63) is 35.4 Å². The minimum Gasteiger partial charge on any atom is -0.354 e. The van der Waals surface area contributed by atoms with Gasteiger partial charge in [0.15, 0.2) is 0 Å². The monoisotopic (exact) mass is 315 g/mol. The lowest BCUT2D eigenvalue weighted by atomic mass is 10.1. The molecule has 2 aliphatic rings. The molecule has 2 heterocycles. The predicted octanol–water partition coefficient (Wildman–Crippen LogP) is 0.0675. The van der Waals surface area contributed by atoms with E-state index in [9.17, 15) is 19.2 Å². The van der Waals surface area contributed by atoms with Gasteiger partial charge in [0.2, 0.25) is 11.8 Å². The van der Waals surface area contributed by atoms with Crippen LogP contribution in [-0.4, -0.2) is 47.7 Å². The summed E-state index contributed by atoms with van der Waals surface area (Å²) in [6.45, 7) is 0.632. The largest absolute Gasteiger partial charge is 0.354 e. The van der Waals surface area contributed by atoms with Crippen molar-refractivity contribution in [1.82, 2.24) is 15.5 Å². The third-order valence-corrected chi connectivity index (χ3v) is 4.06. The van der Waals surface area contributed by atoms with Crippen molar-refractivity contribution in [2.75, 3.05) is 13.1 Å². The van der Waals surface area contributed by atoms with E-state index in [1.54, 1.807) is 24.3 Å². The Morgan fingerprint density at radius 1 is 1.17 bits per heavy atom. The van der Waals surface area contributed by atoms with Crippen LogP contribution in [0.4, 0.5) is 0 Å². The summed E-state index contributed by atoms with van der Waals surface area (Å²) in [4.78, 5) is 49.0. The number of carbonyl (C=O) groups is 4. The van der Waals surface area contributed by atoms with Crippen LogP contribution in [0.1, 0.15) is 40.0 Å². The Morgan fingerprint density at radius 3 is 2.43 bits per heavy atom. The van der Waals surface area contributed by atoms with E-state index in [0.29, 0.717) is 24.1 Å². The highest BCUT2D eigenvalue weighted by Crippen LogP contribution is 2.22. The summed E-state index contributed by atoms with van der Waals surface area (Å²) in [6.07, 6.45) is 1.40. The first-order chi connectivity index (χ1) is 11.1. The number of hydrogen-bond acceptors (Lipinski definition) is 4. The molecular weight excluding hydrogens is 298 g/mol. The molecule has 4 amide bonds. The van der Waals surface area contributed by atoms with E-state index in [1.807, 2.05) is 0 Å². The molecular formula is C16H17N3O4. The third-order valence-electron chi connectivity index (χ3n) is 4.06. The standard InChI is InChI=1S/C16H17N3O4/c20-13(18-12-6-3-8-17-14(12)21)7-9-19-15(22)10-4-1-2-5-11(10)16(19)23/h1-2,4-5,12H,3,6-9H2,(H,17,21)(H,18,20)/t12-/m1/s1. The fourth-order valence-corrected chi connectivity index (χ4v) is 2.83. The SMILES string of the molecule is O=C(CCN1C(=O)c2ccccc2C1=O)N[C@@H]1CCCNC1=O. The van der Waals surface area contributed by atoms with Crippen molar-refractivity contribution in [3.63, 3.8) is 0 Å². The lowest BCUT2D eigenvalue weighted by Gasteiger charge is -2.23. The van der Waals surface area contributed by atoms with Gasteiger partial charge in [-0.25, -0.2) is 0 Å². The molecule has 1 aromatic rings. The molecule has 0 aliphatic carbocycles. The van der Waals surface area contributed by atoms with E-state index < -0.39 is 6.04 Å². The van der Waals surface area contributed by atoms with Gasteiger partial charge in [0.1, 0.15) is 6.04 Å². The number of rotatable bonds is 4. The van der Waals surface area contributed by atoms with Crippen molar-refractivity contribution in [1.29, 1.82) is 0 Å². The van der Waals surface area contributed by atoms with Gasteiger partial charge < -0.3 is 10.6 Å². The maximum absolute atomic E-state index is 12.2. The smallest absolute Gasteiger partial charge is 0.261 e. The van der Waals surface area contributed by atoms with Crippen LogP contribution in [0.5, 0.6) is 0 Å². The zero-order valence-corrected chi connectivity index (χ0v) is 12.5. The van der Waals surface area contributed by atoms with Gasteiger partial charge in [-0.1, -0.05) is 12.1 Å². The summed E-state index contributed by atoms with van der Waals surface area (Å²) in [6, 6.07) is 6.06. The number of fused-ring (bicyclic) bond motifs is 1. The van der Waals surface area contributed by atoms with Gasteiger partial charge in [-0.3, -0.25) is 24.1 Å². The van der Waals surface area contributed by atoms with Crippen molar-refractivity contribution < 1.29 is 19.2 Å². The van der Waals surface area contributed by atoms with Crippen LogP contribution in [0.25, 0.3) is 0 Å². The van der Waals surface area contributed by atoms with Gasteiger partial charge in [-0.2, -0.15) is 0 Å². The molecule has 0 saturated carbocycles. The molecule has 0 spiro atoms. The second kappa shape index (κ2) is 6.20. The van der Waals surface area contributed by atoms with Crippen LogP contribution in [0.3, 0.4) is 0 Å². The maximum Gasteiger partial charge on any atom is 0.261 e. The van der Waals surface area contributed by atoms with Crippen LogP contribution < -0.4 is 10.6 Å². The Bertz CT molecular complexity index is 651. The summed E-state index contributed by atoms with van der Waals surface area (Å²) in [5, 5.41) is 5.33. The first kappa shape index (κ1) is 15.2. The van der Waals surface area contributed by atoms with Crippen LogP contribution in [-0.2, 0) is 9.59 Å². The van der Waals surface area contributed by atoms with E-state index in [4.69, 9.17) is 0 Å². The lowest BCUT2D eigenvalue weighted by Crippen LogP contribution is -2.50. The Morgan fingerprint density at radius 2 is 1.83 bits per heavy atom. The van der Waals surface area contributed by atoms with Crippen LogP contribution >= 0.6 is 0 Å². The Labute approximate surface area is 133 Å². The number of hydrogen-bond donors (Lipinski definition) is 2. The highest BCUT2D eigenvalue weighted by Gasteiger charge is 2.35. The van der Waals surface area contributed by atoms with Gasteiger partial charge in [0.05, 0.1) is 11.1 Å². The second-order valence-electron chi connectivity index (χ2n) is 5.61. The van der Waals surface area contributed by atoms with Crippen molar-refractivity contribution >= 4 is 23.6 Å². The molecule has 1 atom stereocenters. The van der Waals surface area contributed by atoms with Crippen LogP contribution in [0.2, 0.25) is 0 Å². The molecule has 0 radical (unpaired) electrons. The molecule has 7 nitrogen and oxygen atoms in total. The molecule has 3 rings (SSSR count). The summed E-state index contributed by atoms with van der Waals surface area (Å²) >= 11 is 0. The number of amides is 4. The molecule has 2 aliphatic heterocycles. The van der Waals surface area contributed by atoms with Gasteiger partial charge in [0, 0.05) is 19.5 Å². The van der Waals surface area contributed by atoms with Crippen LogP contribution in [0.15, 0.2) is 24.3 Å². The number of imide groups is 1. The number of piperidine rings is 1. The molecule has 0 aromatic heterocycles. The van der Waals surface area contributed by atoms with Gasteiger partial charge >= 0.3 is 0 Å². The number of benzene rings is 1. The van der Waals surface area contributed by atoms with E-state index in [-0.39, 0.29) is 36.6 Å². The van der Waals surface area contributed by atoms with E-state index in [1.165, 1.54) is 0 Å².